The quantitative estimate of drug-likeness (QED) is 0.490. The Morgan fingerprint density at radius 2 is 2.10 bits per heavy atom. The van der Waals surface area contributed by atoms with Gasteiger partial charge in [-0.3, -0.25) is 10.0 Å². The number of amides is 1. The van der Waals surface area contributed by atoms with Crippen molar-refractivity contribution in [3.63, 3.8) is 0 Å². The first-order valence-electron chi connectivity index (χ1n) is 6.34. The third kappa shape index (κ3) is 4.66. The van der Waals surface area contributed by atoms with Gasteiger partial charge in [0.2, 0.25) is 0 Å². The summed E-state index contributed by atoms with van der Waals surface area (Å²) in [4.78, 5) is 11.0. The number of carbonyl (C=O) groups excluding carboxylic acids is 1. The van der Waals surface area contributed by atoms with Crippen LogP contribution in [0.2, 0.25) is 5.02 Å². The Morgan fingerprint density at radius 1 is 1.33 bits per heavy atom. The van der Waals surface area contributed by atoms with Crippen LogP contribution in [0.1, 0.15) is 5.69 Å². The summed E-state index contributed by atoms with van der Waals surface area (Å²) in [5.74, 6) is 0.184. The molecule has 0 spiro atoms. The molecule has 1 aromatic heterocycles. The van der Waals surface area contributed by atoms with Crippen molar-refractivity contribution >= 4 is 23.6 Å². The van der Waals surface area contributed by atoms with Crippen molar-refractivity contribution in [2.24, 2.45) is 0 Å². The normalized spacial score (nSPS) is 10.8. The van der Waals surface area contributed by atoms with Crippen molar-refractivity contribution in [1.82, 2.24) is 10.0 Å². The second kappa shape index (κ2) is 7.52. The van der Waals surface area contributed by atoms with Crippen molar-refractivity contribution in [2.45, 2.75) is 6.54 Å². The minimum Gasteiger partial charge on any atom is -0.492 e. The van der Waals surface area contributed by atoms with Crippen LogP contribution in [0.15, 0.2) is 48.7 Å². The Morgan fingerprint density at radius 3 is 2.81 bits per heavy atom. The van der Waals surface area contributed by atoms with E-state index in [0.29, 0.717) is 18.2 Å². The number of ether oxygens (including phenoxy) is 1. The molecule has 0 aliphatic carbocycles. The summed E-state index contributed by atoms with van der Waals surface area (Å²) in [6, 6.07) is 10.9. The number of hydroxylamine groups is 1. The number of nitrogens with one attached hydrogen (secondary N) is 1. The average Bonchev–Trinajstić information content (AvgIpc) is 2.94. The molecule has 0 unspecified atom stereocenters. The lowest BCUT2D eigenvalue weighted by Crippen LogP contribution is -2.15. The monoisotopic (exact) mass is 306 g/mol. The van der Waals surface area contributed by atoms with Crippen LogP contribution >= 0.6 is 11.6 Å². The largest absolute Gasteiger partial charge is 0.492 e. The van der Waals surface area contributed by atoms with Gasteiger partial charge in [0.1, 0.15) is 12.4 Å². The molecule has 1 amide bonds. The van der Waals surface area contributed by atoms with Gasteiger partial charge >= 0.3 is 0 Å². The number of nitrogens with zero attached hydrogens (tertiary/aromatic N) is 1. The highest BCUT2D eigenvalue weighted by molar-refractivity contribution is 6.30. The second-order valence-corrected chi connectivity index (χ2v) is 4.67. The Kier molecular flexibility index (Phi) is 5.43. The van der Waals surface area contributed by atoms with E-state index in [4.69, 9.17) is 21.5 Å². The molecule has 5 nitrogen and oxygen atoms in total. The van der Waals surface area contributed by atoms with E-state index < -0.39 is 5.91 Å². The Balaban J connectivity index is 1.89. The number of carbonyl (C=O) groups is 1. The first-order valence-corrected chi connectivity index (χ1v) is 6.72. The summed E-state index contributed by atoms with van der Waals surface area (Å²) < 4.78 is 7.55. The fourth-order valence-electron chi connectivity index (χ4n) is 1.77. The van der Waals surface area contributed by atoms with Gasteiger partial charge in [-0.15, -0.1) is 0 Å². The van der Waals surface area contributed by atoms with E-state index >= 15 is 0 Å². The van der Waals surface area contributed by atoms with E-state index in [-0.39, 0.29) is 0 Å². The molecular weight excluding hydrogens is 292 g/mol. The van der Waals surface area contributed by atoms with Gasteiger partial charge in [0.15, 0.2) is 0 Å². The topological polar surface area (TPSA) is 63.5 Å². The van der Waals surface area contributed by atoms with Gasteiger partial charge in [-0.2, -0.15) is 0 Å². The smallest absolute Gasteiger partial charge is 0.267 e. The standard InChI is InChI=1S/C15H15ClN2O3/c16-12-3-6-14(7-4-12)21-11-10-18-9-1-2-13(18)5-8-15(19)17-20/h1-9,20H,10-11H2,(H,17,19). The first kappa shape index (κ1) is 15.2. The molecule has 0 saturated carbocycles. The van der Waals surface area contributed by atoms with Crippen LogP contribution in [-0.4, -0.2) is 22.3 Å². The van der Waals surface area contributed by atoms with E-state index in [1.54, 1.807) is 23.7 Å². The first-order chi connectivity index (χ1) is 10.2. The zero-order valence-corrected chi connectivity index (χ0v) is 12.0. The summed E-state index contributed by atoms with van der Waals surface area (Å²) >= 11 is 5.80. The molecule has 0 bridgehead atoms. The third-order valence-electron chi connectivity index (χ3n) is 2.79. The molecule has 1 heterocycles. The lowest BCUT2D eigenvalue weighted by atomic mass is 10.3. The van der Waals surface area contributed by atoms with E-state index in [1.807, 2.05) is 35.0 Å². The predicted molar refractivity (Wildman–Crippen MR) is 80.3 cm³/mol. The lowest BCUT2D eigenvalue weighted by molar-refractivity contribution is -0.124. The number of aromatic nitrogens is 1. The molecule has 0 radical (unpaired) electrons. The molecule has 0 aliphatic heterocycles. The van der Waals surface area contributed by atoms with Crippen LogP contribution in [0.4, 0.5) is 0 Å². The van der Waals surface area contributed by atoms with E-state index in [0.717, 1.165) is 11.4 Å². The third-order valence-corrected chi connectivity index (χ3v) is 3.05. The van der Waals surface area contributed by atoms with Crippen molar-refractivity contribution in [1.29, 1.82) is 0 Å². The molecule has 21 heavy (non-hydrogen) atoms. The minimum atomic E-state index is -0.569. The molecule has 2 N–H and O–H groups in total. The average molecular weight is 307 g/mol. The molecule has 2 aromatic rings. The highest BCUT2D eigenvalue weighted by Crippen LogP contribution is 2.15. The van der Waals surface area contributed by atoms with Gasteiger partial charge < -0.3 is 9.30 Å². The molecule has 0 aliphatic rings. The van der Waals surface area contributed by atoms with E-state index in [1.165, 1.54) is 6.08 Å². The fourth-order valence-corrected chi connectivity index (χ4v) is 1.90. The van der Waals surface area contributed by atoms with Gasteiger partial charge in [-0.1, -0.05) is 11.6 Å². The summed E-state index contributed by atoms with van der Waals surface area (Å²) in [7, 11) is 0. The van der Waals surface area contributed by atoms with Crippen LogP contribution in [-0.2, 0) is 11.3 Å². The fraction of sp³-hybridized carbons (Fsp3) is 0.133. The molecule has 0 atom stereocenters. The van der Waals surface area contributed by atoms with Crippen molar-refractivity contribution in [3.05, 3.63) is 59.4 Å². The summed E-state index contributed by atoms with van der Waals surface area (Å²) in [5.41, 5.74) is 2.39. The SMILES string of the molecule is O=C(C=Cc1cccn1CCOc1ccc(Cl)cc1)NO. The minimum absolute atomic E-state index is 0.489. The van der Waals surface area contributed by atoms with E-state index in [9.17, 15) is 4.79 Å². The number of halogens is 1. The number of hydrogen-bond donors (Lipinski definition) is 2. The van der Waals surface area contributed by atoms with Crippen LogP contribution in [0.25, 0.3) is 6.08 Å². The number of rotatable bonds is 6. The van der Waals surface area contributed by atoms with Gasteiger partial charge in [-0.05, 0) is 42.5 Å². The maximum Gasteiger partial charge on any atom is 0.267 e. The van der Waals surface area contributed by atoms with Crippen LogP contribution < -0.4 is 10.2 Å². The Labute approximate surface area is 127 Å². The van der Waals surface area contributed by atoms with Crippen LogP contribution in [0.3, 0.4) is 0 Å². The summed E-state index contributed by atoms with van der Waals surface area (Å²) in [6.45, 7) is 1.12. The zero-order valence-electron chi connectivity index (χ0n) is 11.2. The van der Waals surface area contributed by atoms with Crippen molar-refractivity contribution in [3.8, 4) is 5.75 Å². The molecule has 2 rings (SSSR count). The number of hydrogen-bond acceptors (Lipinski definition) is 3. The van der Waals surface area contributed by atoms with Crippen LogP contribution in [0, 0.1) is 0 Å². The Hall–Kier alpha value is -2.24. The summed E-state index contributed by atoms with van der Waals surface area (Å²) in [6.07, 6.45) is 4.77. The number of benzene rings is 1. The second-order valence-electron chi connectivity index (χ2n) is 4.24. The predicted octanol–water partition coefficient (Wildman–Crippen LogP) is 2.74. The molecule has 110 valence electrons. The molecular formula is C15H15ClN2O3. The maximum atomic E-state index is 11.0. The molecule has 0 saturated heterocycles. The molecule has 1 aromatic carbocycles. The van der Waals surface area contributed by atoms with Gasteiger partial charge in [0, 0.05) is 23.0 Å². The van der Waals surface area contributed by atoms with Crippen LogP contribution in [0.5, 0.6) is 5.75 Å². The Bertz CT molecular complexity index is 620. The zero-order chi connectivity index (χ0) is 15.1. The highest BCUT2D eigenvalue weighted by atomic mass is 35.5. The lowest BCUT2D eigenvalue weighted by Gasteiger charge is -2.09. The van der Waals surface area contributed by atoms with Gasteiger partial charge in [0.25, 0.3) is 5.91 Å². The van der Waals surface area contributed by atoms with Gasteiger partial charge in [0.05, 0.1) is 6.54 Å². The van der Waals surface area contributed by atoms with Crippen molar-refractivity contribution < 1.29 is 14.7 Å². The van der Waals surface area contributed by atoms with E-state index in [2.05, 4.69) is 0 Å². The van der Waals surface area contributed by atoms with Crippen molar-refractivity contribution in [2.75, 3.05) is 6.61 Å². The maximum absolute atomic E-state index is 11.0. The molecule has 6 heteroatoms. The van der Waals surface area contributed by atoms with Gasteiger partial charge in [-0.25, -0.2) is 5.48 Å². The summed E-state index contributed by atoms with van der Waals surface area (Å²) in [5, 5.41) is 9.10. The molecule has 0 fully saturated rings. The highest BCUT2D eigenvalue weighted by Gasteiger charge is 2.00.